The van der Waals surface area contributed by atoms with Crippen LogP contribution in [0.4, 0.5) is 0 Å². The molecule has 0 radical (unpaired) electrons. The molecule has 1 heteroatoms. The van der Waals surface area contributed by atoms with Crippen LogP contribution in [0.2, 0.25) is 0 Å². The first-order valence-electron chi connectivity index (χ1n) is 13.3. The second kappa shape index (κ2) is 8.42. The van der Waals surface area contributed by atoms with E-state index in [4.69, 9.17) is 0 Å². The summed E-state index contributed by atoms with van der Waals surface area (Å²) in [6.07, 6.45) is 19.1. The van der Waals surface area contributed by atoms with Gasteiger partial charge in [-0.2, -0.15) is 0 Å². The van der Waals surface area contributed by atoms with Gasteiger partial charge >= 0.3 is 0 Å². The zero-order valence-corrected chi connectivity index (χ0v) is 20.7. The van der Waals surface area contributed by atoms with E-state index in [-0.39, 0.29) is 6.10 Å². The highest BCUT2D eigenvalue weighted by atomic mass is 16.3. The van der Waals surface area contributed by atoms with E-state index in [0.29, 0.717) is 16.7 Å². The lowest BCUT2D eigenvalue weighted by molar-refractivity contribution is -0.0540. The maximum Gasteiger partial charge on any atom is 0.0577 e. The first kappa shape index (κ1) is 22.6. The first-order chi connectivity index (χ1) is 14.2. The number of rotatable bonds is 5. The third kappa shape index (κ3) is 3.66. The molecule has 0 aromatic carbocycles. The van der Waals surface area contributed by atoms with Gasteiger partial charge in [0.25, 0.3) is 0 Å². The second-order valence-corrected chi connectivity index (χ2v) is 12.4. The Balaban J connectivity index is 1.52. The lowest BCUT2D eigenvalue weighted by atomic mass is 9.47. The molecular formula is C29H48O. The van der Waals surface area contributed by atoms with Gasteiger partial charge in [-0.1, -0.05) is 65.3 Å². The topological polar surface area (TPSA) is 20.2 Å². The quantitative estimate of drug-likeness (QED) is 0.457. The summed E-state index contributed by atoms with van der Waals surface area (Å²) in [5, 5.41) is 10.2. The van der Waals surface area contributed by atoms with Crippen molar-refractivity contribution in [2.75, 3.05) is 0 Å². The van der Waals surface area contributed by atoms with Crippen LogP contribution in [0.25, 0.3) is 0 Å². The summed E-state index contributed by atoms with van der Waals surface area (Å²) in [7, 11) is 0. The molecule has 3 unspecified atom stereocenters. The standard InChI is InChI=1S/C29H48O/c1-7-21(19(2)3)9-8-20(4)25-12-13-26-24-11-10-22-18-23(30)14-16-28(22,5)27(24)15-17-29(25,26)6/h8-10,19-21,23-27,30H,7,11-18H2,1-6H3/t20-,21-,23+,24?,25-,26?,27?,28+,29-/m1/s1. The fraction of sp³-hybridized carbons (Fsp3) is 0.862. The van der Waals surface area contributed by atoms with Crippen molar-refractivity contribution in [2.24, 2.45) is 52.3 Å². The Hall–Kier alpha value is -0.560. The Bertz CT molecular complexity index is 674. The monoisotopic (exact) mass is 412 g/mol. The average molecular weight is 413 g/mol. The fourth-order valence-electron chi connectivity index (χ4n) is 8.83. The second-order valence-electron chi connectivity index (χ2n) is 12.4. The lowest BCUT2D eigenvalue weighted by Gasteiger charge is -2.58. The molecule has 0 saturated heterocycles. The summed E-state index contributed by atoms with van der Waals surface area (Å²) in [6.45, 7) is 14.8. The largest absolute Gasteiger partial charge is 0.393 e. The molecule has 4 aliphatic rings. The van der Waals surface area contributed by atoms with E-state index < -0.39 is 0 Å². The van der Waals surface area contributed by atoms with Gasteiger partial charge in [-0.15, -0.1) is 0 Å². The van der Waals surface area contributed by atoms with Crippen LogP contribution in [0.15, 0.2) is 23.8 Å². The molecule has 4 rings (SSSR count). The molecule has 170 valence electrons. The average Bonchev–Trinajstić information content (AvgIpc) is 3.06. The predicted molar refractivity (Wildman–Crippen MR) is 128 cm³/mol. The summed E-state index contributed by atoms with van der Waals surface area (Å²) in [5.41, 5.74) is 2.51. The normalized spacial score (nSPS) is 45.6. The molecule has 30 heavy (non-hydrogen) atoms. The third-order valence-corrected chi connectivity index (χ3v) is 10.8. The van der Waals surface area contributed by atoms with E-state index in [2.05, 4.69) is 59.8 Å². The highest BCUT2D eigenvalue weighted by Crippen LogP contribution is 2.67. The van der Waals surface area contributed by atoms with Gasteiger partial charge in [-0.25, -0.2) is 0 Å². The smallest absolute Gasteiger partial charge is 0.0577 e. The van der Waals surface area contributed by atoms with Gasteiger partial charge in [0.15, 0.2) is 0 Å². The molecule has 4 aliphatic carbocycles. The molecule has 3 fully saturated rings. The fourth-order valence-corrected chi connectivity index (χ4v) is 8.83. The molecular weight excluding hydrogens is 364 g/mol. The van der Waals surface area contributed by atoms with E-state index in [1.807, 2.05) is 0 Å². The highest BCUT2D eigenvalue weighted by molar-refractivity contribution is 5.25. The number of aliphatic hydroxyl groups excluding tert-OH is 1. The van der Waals surface area contributed by atoms with Gasteiger partial charge in [0.2, 0.25) is 0 Å². The van der Waals surface area contributed by atoms with E-state index in [9.17, 15) is 5.11 Å². The van der Waals surface area contributed by atoms with Crippen LogP contribution in [0.5, 0.6) is 0 Å². The molecule has 0 amide bonds. The lowest BCUT2D eigenvalue weighted by Crippen LogP contribution is -2.50. The Kier molecular flexibility index (Phi) is 6.35. The minimum absolute atomic E-state index is 0.0870. The van der Waals surface area contributed by atoms with E-state index >= 15 is 0 Å². The molecule has 0 bridgehead atoms. The van der Waals surface area contributed by atoms with Crippen molar-refractivity contribution in [1.29, 1.82) is 0 Å². The Labute approximate surface area is 186 Å². The summed E-state index contributed by atoms with van der Waals surface area (Å²) >= 11 is 0. The number of fused-ring (bicyclic) bond motifs is 5. The van der Waals surface area contributed by atoms with Gasteiger partial charge in [0.1, 0.15) is 0 Å². The molecule has 0 spiro atoms. The van der Waals surface area contributed by atoms with Gasteiger partial charge in [0.05, 0.1) is 6.10 Å². The maximum absolute atomic E-state index is 10.2. The van der Waals surface area contributed by atoms with Crippen LogP contribution in [-0.2, 0) is 0 Å². The van der Waals surface area contributed by atoms with Gasteiger partial charge in [-0.3, -0.25) is 0 Å². The summed E-state index contributed by atoms with van der Waals surface area (Å²) in [6, 6.07) is 0. The number of allylic oxidation sites excluding steroid dienone is 3. The molecule has 1 N–H and O–H groups in total. The summed E-state index contributed by atoms with van der Waals surface area (Å²) in [5.74, 6) is 5.70. The molecule has 1 nitrogen and oxygen atoms in total. The van der Waals surface area contributed by atoms with Crippen LogP contribution in [0, 0.1) is 52.3 Å². The molecule has 3 saturated carbocycles. The minimum Gasteiger partial charge on any atom is -0.393 e. The SMILES string of the molecule is CC[C@H](C=C[C@@H](C)[C@H]1CCC2C3CC=C4C[C@@H](O)CC[C@]4(C)C3CC[C@@]21C)C(C)C. The van der Waals surface area contributed by atoms with Crippen molar-refractivity contribution < 1.29 is 5.11 Å². The van der Waals surface area contributed by atoms with Crippen molar-refractivity contribution in [3.63, 3.8) is 0 Å². The van der Waals surface area contributed by atoms with Crippen LogP contribution in [-0.4, -0.2) is 11.2 Å². The van der Waals surface area contributed by atoms with E-state index in [1.54, 1.807) is 5.57 Å². The van der Waals surface area contributed by atoms with E-state index in [1.165, 1.54) is 44.9 Å². The number of aliphatic hydroxyl groups is 1. The van der Waals surface area contributed by atoms with Gasteiger partial charge in [-0.05, 0) is 110 Å². The summed E-state index contributed by atoms with van der Waals surface area (Å²) < 4.78 is 0. The van der Waals surface area contributed by atoms with Gasteiger partial charge in [0, 0.05) is 0 Å². The molecule has 9 atom stereocenters. The van der Waals surface area contributed by atoms with Crippen LogP contribution < -0.4 is 0 Å². The van der Waals surface area contributed by atoms with Gasteiger partial charge < -0.3 is 5.11 Å². The van der Waals surface area contributed by atoms with E-state index in [0.717, 1.165) is 48.3 Å². The molecule has 0 aliphatic heterocycles. The zero-order chi connectivity index (χ0) is 21.7. The Morgan fingerprint density at radius 2 is 1.80 bits per heavy atom. The van der Waals surface area contributed by atoms with Crippen LogP contribution in [0.1, 0.15) is 99.3 Å². The third-order valence-electron chi connectivity index (χ3n) is 10.8. The van der Waals surface area contributed by atoms with Crippen molar-refractivity contribution in [2.45, 2.75) is 105 Å². The van der Waals surface area contributed by atoms with Crippen molar-refractivity contribution in [3.05, 3.63) is 23.8 Å². The van der Waals surface area contributed by atoms with Crippen molar-refractivity contribution in [3.8, 4) is 0 Å². The Morgan fingerprint density at radius 1 is 1.03 bits per heavy atom. The molecule has 0 aromatic rings. The molecule has 0 aromatic heterocycles. The predicted octanol–water partition coefficient (Wildman–Crippen LogP) is 7.80. The van der Waals surface area contributed by atoms with Crippen LogP contribution in [0.3, 0.4) is 0 Å². The minimum atomic E-state index is -0.0870. The molecule has 0 heterocycles. The zero-order valence-electron chi connectivity index (χ0n) is 20.7. The number of hydrogen-bond acceptors (Lipinski definition) is 1. The van der Waals surface area contributed by atoms with Crippen molar-refractivity contribution in [1.82, 2.24) is 0 Å². The van der Waals surface area contributed by atoms with Crippen molar-refractivity contribution >= 4 is 0 Å². The Morgan fingerprint density at radius 3 is 2.50 bits per heavy atom. The maximum atomic E-state index is 10.2. The summed E-state index contributed by atoms with van der Waals surface area (Å²) in [4.78, 5) is 0. The highest BCUT2D eigenvalue weighted by Gasteiger charge is 2.58. The number of hydrogen-bond donors (Lipinski definition) is 1. The van der Waals surface area contributed by atoms with Crippen LogP contribution >= 0.6 is 0 Å². The first-order valence-corrected chi connectivity index (χ1v) is 13.3.